The molecule has 28 heteroatoms. The van der Waals surface area contributed by atoms with Crippen molar-refractivity contribution in [3.8, 4) is 33.4 Å². The average molecular weight is 831 g/mol. The third kappa shape index (κ3) is 6.72. The Labute approximate surface area is 456 Å². The van der Waals surface area contributed by atoms with Gasteiger partial charge in [0.2, 0.25) is 0 Å². The number of rotatable bonds is 3. The second-order valence-corrected chi connectivity index (χ2v) is 17.6. The highest BCUT2D eigenvalue weighted by Crippen LogP contribution is 2.41. The van der Waals surface area contributed by atoms with E-state index in [4.69, 9.17) is 220 Å². The Morgan fingerprint density at radius 1 is 0.0833 bits per heavy atom. The van der Waals surface area contributed by atoms with Gasteiger partial charge in [-0.25, -0.2) is 0 Å². The smallest absolute Gasteiger partial charge is 0.110 e. The van der Waals surface area contributed by atoms with E-state index in [-0.39, 0.29) is 240 Å². The van der Waals surface area contributed by atoms with Gasteiger partial charge in [-0.1, -0.05) is 87.4 Å². The fraction of sp³-hybridized carbons (Fsp3) is 0. The summed E-state index contributed by atoms with van der Waals surface area (Å²) in [5.41, 5.74) is -5.31. The highest BCUT2D eigenvalue weighted by atomic mass is 14.3. The molecule has 0 saturated heterocycles. The van der Waals surface area contributed by atoms with Crippen molar-refractivity contribution in [3.63, 3.8) is 0 Å². The fourth-order valence-corrected chi connectivity index (χ4v) is 10.2. The summed E-state index contributed by atoms with van der Waals surface area (Å²) in [6.45, 7) is 0. The standard InChI is InChI=1S/C44B28/c45-17-10(8-9(25(53)40(68)39(67)24(8)52)12-15(17)30(58)43(71)42(70)27(12)55)14-18(46)13(28(56)34(62)29(14)57)2-6-3(20(48)35(63)37(65)22(6)50)1(4-7(2)23(51)38(66)36(64)21(4)49)5-11-16(31(59)33(61)19(5)47)32(60)44(72)41(69)26(11)54. The lowest BCUT2D eigenvalue weighted by molar-refractivity contribution is 1.83. The Hall–Kier alpha value is -3.90. The highest BCUT2D eigenvalue weighted by molar-refractivity contribution is 6.78. The van der Waals surface area contributed by atoms with Crippen LogP contribution in [0.5, 0.6) is 0 Å². The van der Waals surface area contributed by atoms with E-state index < -0.39 is 0 Å². The van der Waals surface area contributed by atoms with Crippen molar-refractivity contribution in [2.24, 2.45) is 0 Å². The van der Waals surface area contributed by atoms with Gasteiger partial charge < -0.3 is 0 Å². The Kier molecular flexibility index (Phi) is 13.1. The van der Waals surface area contributed by atoms with Gasteiger partial charge in [0.05, 0.1) is 0 Å². The molecule has 0 aliphatic carbocycles. The van der Waals surface area contributed by atoms with E-state index in [1.807, 2.05) is 0 Å². The molecule has 0 amide bonds. The zero-order valence-electron chi connectivity index (χ0n) is 38.2. The fourth-order valence-electron chi connectivity index (χ4n) is 10.2. The van der Waals surface area contributed by atoms with Crippen molar-refractivity contribution < 1.29 is 0 Å². The summed E-state index contributed by atoms with van der Waals surface area (Å²) in [6, 6.07) is 0. The van der Waals surface area contributed by atoms with Crippen molar-refractivity contribution in [1.29, 1.82) is 0 Å². The van der Waals surface area contributed by atoms with Crippen molar-refractivity contribution in [1.82, 2.24) is 0 Å². The largest absolute Gasteiger partial charge is 0.115 e. The summed E-state index contributed by atoms with van der Waals surface area (Å²) in [6.07, 6.45) is 0. The maximum atomic E-state index is 7.48. The Bertz CT molecular complexity index is 4030. The number of benzene rings is 9. The molecule has 260 valence electrons. The van der Waals surface area contributed by atoms with Crippen LogP contribution in [0, 0.1) is 0 Å². The third-order valence-electron chi connectivity index (χ3n) is 14.1. The molecular weight excluding hydrogens is 831 g/mol. The molecule has 0 saturated carbocycles. The van der Waals surface area contributed by atoms with Gasteiger partial charge in [-0.15, -0.1) is 65.6 Å². The van der Waals surface area contributed by atoms with E-state index in [1.165, 1.54) is 0 Å². The van der Waals surface area contributed by atoms with E-state index in [9.17, 15) is 0 Å². The van der Waals surface area contributed by atoms with Crippen LogP contribution in [0.1, 0.15) is 0 Å². The maximum Gasteiger partial charge on any atom is 0.115 e. The van der Waals surface area contributed by atoms with Gasteiger partial charge in [0.15, 0.2) is 0 Å². The Balaban J connectivity index is 1.65. The molecule has 72 heavy (non-hydrogen) atoms. The molecule has 0 unspecified atom stereocenters. The zero-order chi connectivity index (χ0) is 53.4. The average Bonchev–Trinajstić information content (AvgIpc) is 3.35. The van der Waals surface area contributed by atoms with Crippen molar-refractivity contribution in [2.75, 3.05) is 0 Å². The summed E-state index contributed by atoms with van der Waals surface area (Å²) in [5, 5.41) is 0.182. The van der Waals surface area contributed by atoms with E-state index in [0.29, 0.717) is 0 Å². The van der Waals surface area contributed by atoms with Crippen molar-refractivity contribution in [2.45, 2.75) is 0 Å². The Morgan fingerprint density at radius 2 is 0.236 bits per heavy atom. The summed E-state index contributed by atoms with van der Waals surface area (Å²) < 4.78 is 0. The molecule has 0 aliphatic rings. The van der Waals surface area contributed by atoms with Crippen LogP contribution in [0.4, 0.5) is 0 Å². The highest BCUT2D eigenvalue weighted by Gasteiger charge is 2.31. The molecule has 0 atom stereocenters. The number of fused-ring (bicyclic) bond motifs is 6. The Morgan fingerprint density at radius 3 is 0.556 bits per heavy atom. The number of hydrogen-bond acceptors (Lipinski definition) is 0. The van der Waals surface area contributed by atoms with Crippen LogP contribution in [0.3, 0.4) is 0 Å². The molecule has 0 heterocycles. The minimum atomic E-state index is -0.283. The lowest BCUT2D eigenvalue weighted by atomic mass is 9.55. The summed E-state index contributed by atoms with van der Waals surface area (Å²) in [5.74, 6) is 0. The molecule has 0 nitrogen and oxygen atoms in total. The minimum absolute atomic E-state index is 0.00758. The van der Waals surface area contributed by atoms with Gasteiger partial charge >= 0.3 is 0 Å². The van der Waals surface area contributed by atoms with Crippen molar-refractivity contribution >= 4 is 427 Å². The molecule has 0 aliphatic heterocycles. The summed E-state index contributed by atoms with van der Waals surface area (Å²) >= 11 is 0. The second kappa shape index (κ2) is 17.9. The first-order valence-electron chi connectivity index (χ1n) is 21.1. The lowest BCUT2D eigenvalue weighted by Crippen LogP contribution is -2.53. The monoisotopic (exact) mass is 836 g/mol. The van der Waals surface area contributed by atoms with Gasteiger partial charge in [-0.3, -0.25) is 0 Å². The van der Waals surface area contributed by atoms with Crippen LogP contribution in [0.2, 0.25) is 0 Å². The van der Waals surface area contributed by atoms with Crippen molar-refractivity contribution in [3.05, 3.63) is 0 Å². The van der Waals surface area contributed by atoms with Crippen LogP contribution in [0.25, 0.3) is 87.2 Å². The van der Waals surface area contributed by atoms with E-state index in [0.717, 1.165) is 0 Å². The molecule has 0 N–H and O–H groups in total. The summed E-state index contributed by atoms with van der Waals surface area (Å²) in [7, 11) is 190. The van der Waals surface area contributed by atoms with Gasteiger partial charge in [-0.2, -0.15) is 0 Å². The van der Waals surface area contributed by atoms with Crippen LogP contribution >= 0.6 is 0 Å². The predicted molar refractivity (Wildman–Crippen MR) is 341 cm³/mol. The SMILES string of the molecule is [B]c1c([B])c(-c2c3c([B])c([B])c([B])c([B])c3c(-c3c([B])c([B])c([B])c4c([B])c([B])c([B])c([B])c34)c3c([B])c([B])c([B])c([B])c23)c([B])c(-c2c([B])c3c([B])c([B])c([B])c([B])c3c3c([B])c([B])c([B])c([B])c23)c1[B]. The minimum Gasteiger partial charge on any atom is -0.110 e. The van der Waals surface area contributed by atoms with Crippen LogP contribution in [-0.4, -0.2) is 220 Å². The van der Waals surface area contributed by atoms with Crippen LogP contribution < -0.4 is 153 Å². The molecule has 0 aromatic heterocycles. The molecule has 9 aromatic rings. The lowest BCUT2D eigenvalue weighted by Gasteiger charge is -2.34. The van der Waals surface area contributed by atoms with Crippen LogP contribution in [-0.2, 0) is 0 Å². The molecular formula is C44B28. The van der Waals surface area contributed by atoms with E-state index in [2.05, 4.69) is 0 Å². The molecule has 56 radical (unpaired) electrons. The molecule has 9 rings (SSSR count). The van der Waals surface area contributed by atoms with E-state index in [1.54, 1.807) is 0 Å². The first-order chi connectivity index (χ1) is 33.5. The topological polar surface area (TPSA) is 0 Å². The quantitative estimate of drug-likeness (QED) is 0.0945. The van der Waals surface area contributed by atoms with E-state index >= 15 is 0 Å². The molecule has 0 fully saturated rings. The molecule has 9 aromatic carbocycles. The maximum absolute atomic E-state index is 7.48. The van der Waals surface area contributed by atoms with Gasteiger partial charge in [-0.05, 0) is 87.2 Å². The number of hydrogen-bond donors (Lipinski definition) is 0. The molecule has 0 spiro atoms. The zero-order valence-corrected chi connectivity index (χ0v) is 38.2. The normalized spacial score (nSPS) is 11.8. The second-order valence-electron chi connectivity index (χ2n) is 17.6. The van der Waals surface area contributed by atoms with Gasteiger partial charge in [0.25, 0.3) is 0 Å². The summed E-state index contributed by atoms with van der Waals surface area (Å²) in [4.78, 5) is 0. The first kappa shape index (κ1) is 52.9. The predicted octanol–water partition coefficient (Wildman–Crippen LogP) is -21.3. The van der Waals surface area contributed by atoms with Gasteiger partial charge in [0, 0.05) is 0 Å². The van der Waals surface area contributed by atoms with Crippen LogP contribution in [0.15, 0.2) is 0 Å². The first-order valence-corrected chi connectivity index (χ1v) is 21.1. The van der Waals surface area contributed by atoms with Gasteiger partial charge in [0.1, 0.15) is 220 Å². The third-order valence-corrected chi connectivity index (χ3v) is 14.1. The molecule has 0 bridgehead atoms.